The Bertz CT molecular complexity index is 741. The lowest BCUT2D eigenvalue weighted by Crippen LogP contribution is -2.51. The van der Waals surface area contributed by atoms with Crippen molar-refractivity contribution >= 4 is 11.6 Å². The lowest BCUT2D eigenvalue weighted by Gasteiger charge is -2.36. The van der Waals surface area contributed by atoms with Crippen LogP contribution in [0.3, 0.4) is 0 Å². The second-order valence-electron chi connectivity index (χ2n) is 7.53. The Hall–Kier alpha value is -2.03. The molecule has 3 heterocycles. The molecule has 1 saturated carbocycles. The molecular formula is C19H27N5O3. The number of carbonyl (C=O) groups excluding carboxylic acids is 1. The predicted octanol–water partition coefficient (Wildman–Crippen LogP) is 0.644. The average Bonchev–Trinajstić information content (AvgIpc) is 3.11. The van der Waals surface area contributed by atoms with E-state index in [-0.39, 0.29) is 17.9 Å². The molecule has 8 nitrogen and oxygen atoms in total. The predicted molar refractivity (Wildman–Crippen MR) is 98.9 cm³/mol. The topological polar surface area (TPSA) is 101 Å². The summed E-state index contributed by atoms with van der Waals surface area (Å²) in [6, 6.07) is 0.483. The number of imidazole rings is 1. The number of carbonyl (C=O) groups is 1. The van der Waals surface area contributed by atoms with Gasteiger partial charge in [-0.15, -0.1) is 0 Å². The molecule has 2 aromatic rings. The van der Waals surface area contributed by atoms with Gasteiger partial charge in [-0.1, -0.05) is 0 Å². The highest BCUT2D eigenvalue weighted by Gasteiger charge is 2.34. The lowest BCUT2D eigenvalue weighted by molar-refractivity contribution is -0.127. The van der Waals surface area contributed by atoms with E-state index < -0.39 is 6.10 Å². The molecule has 1 aliphatic heterocycles. The summed E-state index contributed by atoms with van der Waals surface area (Å²) in [5.74, 6) is -0.153. The first kappa shape index (κ1) is 18.3. The Balaban J connectivity index is 1.26. The lowest BCUT2D eigenvalue weighted by atomic mass is 9.82. The molecule has 2 aromatic heterocycles. The Morgan fingerprint density at radius 3 is 2.93 bits per heavy atom. The Labute approximate surface area is 158 Å². The van der Waals surface area contributed by atoms with Gasteiger partial charge in [-0.25, -0.2) is 4.98 Å². The molecule has 1 saturated heterocycles. The zero-order valence-corrected chi connectivity index (χ0v) is 15.4. The van der Waals surface area contributed by atoms with Crippen molar-refractivity contribution in [3.8, 4) is 0 Å². The first-order chi connectivity index (χ1) is 13.2. The number of aromatic nitrogens is 3. The zero-order chi connectivity index (χ0) is 18.6. The molecule has 4 rings (SSSR count). The highest BCUT2D eigenvalue weighted by atomic mass is 16.5. The number of ether oxygens (including phenoxy) is 1. The smallest absolute Gasteiger partial charge is 0.223 e. The summed E-state index contributed by atoms with van der Waals surface area (Å²) >= 11 is 0. The fourth-order valence-electron chi connectivity index (χ4n) is 4.05. The maximum atomic E-state index is 12.5. The maximum Gasteiger partial charge on any atom is 0.223 e. The highest BCUT2D eigenvalue weighted by molar-refractivity contribution is 5.78. The summed E-state index contributed by atoms with van der Waals surface area (Å²) in [5.41, 5.74) is 1.56. The van der Waals surface area contributed by atoms with Crippen molar-refractivity contribution in [3.63, 3.8) is 0 Å². The van der Waals surface area contributed by atoms with Crippen molar-refractivity contribution in [2.45, 2.75) is 56.8 Å². The van der Waals surface area contributed by atoms with Gasteiger partial charge in [0.1, 0.15) is 0 Å². The van der Waals surface area contributed by atoms with Crippen molar-refractivity contribution in [2.24, 2.45) is 5.92 Å². The van der Waals surface area contributed by atoms with Crippen LogP contribution in [-0.2, 0) is 16.1 Å². The second-order valence-corrected chi connectivity index (χ2v) is 7.53. The van der Waals surface area contributed by atoms with Crippen LogP contribution >= 0.6 is 0 Å². The minimum absolute atomic E-state index is 0.00579. The second kappa shape index (κ2) is 8.33. The highest BCUT2D eigenvalue weighted by Crippen LogP contribution is 2.26. The average molecular weight is 373 g/mol. The first-order valence-electron chi connectivity index (χ1n) is 9.76. The van der Waals surface area contributed by atoms with Crippen LogP contribution in [0, 0.1) is 5.92 Å². The summed E-state index contributed by atoms with van der Waals surface area (Å²) < 4.78 is 7.26. The van der Waals surface area contributed by atoms with Gasteiger partial charge in [-0.2, -0.15) is 0 Å². The molecular weight excluding hydrogens is 346 g/mol. The summed E-state index contributed by atoms with van der Waals surface area (Å²) in [7, 11) is 0. The summed E-state index contributed by atoms with van der Waals surface area (Å²) in [6.07, 6.45) is 10.7. The quantitative estimate of drug-likeness (QED) is 0.711. The van der Waals surface area contributed by atoms with Crippen LogP contribution in [0.2, 0.25) is 0 Å². The van der Waals surface area contributed by atoms with E-state index in [1.54, 1.807) is 12.4 Å². The minimum atomic E-state index is -0.487. The van der Waals surface area contributed by atoms with Gasteiger partial charge in [0.05, 0.1) is 24.5 Å². The van der Waals surface area contributed by atoms with Gasteiger partial charge in [0.2, 0.25) is 5.91 Å². The summed E-state index contributed by atoms with van der Waals surface area (Å²) in [4.78, 5) is 21.0. The van der Waals surface area contributed by atoms with Gasteiger partial charge in [-0.05, 0) is 32.1 Å². The Kier molecular flexibility index (Phi) is 5.66. The largest absolute Gasteiger partial charge is 0.391 e. The van der Waals surface area contributed by atoms with Gasteiger partial charge in [0, 0.05) is 49.8 Å². The zero-order valence-electron chi connectivity index (χ0n) is 15.4. The number of fused-ring (bicyclic) bond motifs is 1. The molecule has 0 aromatic carbocycles. The number of aliphatic hydroxyl groups is 1. The van der Waals surface area contributed by atoms with E-state index in [9.17, 15) is 9.90 Å². The fourth-order valence-corrected chi connectivity index (χ4v) is 4.05. The van der Waals surface area contributed by atoms with E-state index >= 15 is 0 Å². The van der Waals surface area contributed by atoms with Gasteiger partial charge < -0.3 is 24.9 Å². The number of hydrogen-bond donors (Lipinski definition) is 3. The van der Waals surface area contributed by atoms with Crippen molar-refractivity contribution in [2.75, 3.05) is 13.2 Å². The van der Waals surface area contributed by atoms with E-state index in [4.69, 9.17) is 4.74 Å². The number of nitrogens with one attached hydrogen (secondary N) is 2. The number of nitrogens with zero attached hydrogens (tertiary/aromatic N) is 3. The van der Waals surface area contributed by atoms with Crippen molar-refractivity contribution in [3.05, 3.63) is 30.5 Å². The van der Waals surface area contributed by atoms with E-state index in [0.717, 1.165) is 50.2 Å². The van der Waals surface area contributed by atoms with Gasteiger partial charge in [0.25, 0.3) is 0 Å². The number of hydrogen-bond acceptors (Lipinski definition) is 6. The standard InChI is InChI=1S/C19H27N5O3/c25-17-9-13(1-2-16(17)22-14-3-7-27-8-4-14)19(26)21-10-15-12-24-6-5-20-11-18(24)23-15/h5-6,11-14,16-17,22,25H,1-4,7-10H2,(H,21,26)/t13-,16-,17-/m0/s1. The first-order valence-corrected chi connectivity index (χ1v) is 9.76. The van der Waals surface area contributed by atoms with Crippen molar-refractivity contribution in [1.82, 2.24) is 25.0 Å². The molecule has 0 spiro atoms. The van der Waals surface area contributed by atoms with E-state index in [0.29, 0.717) is 19.0 Å². The third-order valence-electron chi connectivity index (χ3n) is 5.62. The third-order valence-corrected chi connectivity index (χ3v) is 5.62. The van der Waals surface area contributed by atoms with E-state index in [1.807, 2.05) is 16.8 Å². The molecule has 146 valence electrons. The molecule has 2 aliphatic rings. The molecule has 27 heavy (non-hydrogen) atoms. The number of aliphatic hydroxyl groups excluding tert-OH is 1. The van der Waals surface area contributed by atoms with Crippen LogP contribution in [0.25, 0.3) is 5.65 Å². The fraction of sp³-hybridized carbons (Fsp3) is 0.632. The van der Waals surface area contributed by atoms with Crippen molar-refractivity contribution in [1.29, 1.82) is 0 Å². The molecule has 3 atom stereocenters. The summed E-state index contributed by atoms with van der Waals surface area (Å²) in [5, 5.41) is 17.0. The number of amides is 1. The molecule has 0 bridgehead atoms. The van der Waals surface area contributed by atoms with Gasteiger partial charge in [-0.3, -0.25) is 9.78 Å². The van der Waals surface area contributed by atoms with E-state index in [2.05, 4.69) is 20.6 Å². The Morgan fingerprint density at radius 1 is 1.30 bits per heavy atom. The molecule has 0 radical (unpaired) electrons. The SMILES string of the molecule is O=C(NCc1cn2ccncc2n1)[C@H]1CC[C@H](NC2CCOCC2)[C@@H](O)C1. The molecule has 1 aliphatic carbocycles. The minimum Gasteiger partial charge on any atom is -0.391 e. The van der Waals surface area contributed by atoms with Crippen LogP contribution in [0.15, 0.2) is 24.8 Å². The molecule has 2 fully saturated rings. The van der Waals surface area contributed by atoms with E-state index in [1.165, 1.54) is 0 Å². The number of rotatable bonds is 5. The van der Waals surface area contributed by atoms with Crippen LogP contribution in [-0.4, -0.2) is 56.8 Å². The Morgan fingerprint density at radius 2 is 2.15 bits per heavy atom. The van der Waals surface area contributed by atoms with Crippen LogP contribution in [0.1, 0.15) is 37.8 Å². The molecule has 1 amide bonds. The normalized spacial score (nSPS) is 26.9. The summed E-state index contributed by atoms with van der Waals surface area (Å²) in [6.45, 7) is 1.95. The van der Waals surface area contributed by atoms with Crippen LogP contribution < -0.4 is 10.6 Å². The molecule has 8 heteroatoms. The van der Waals surface area contributed by atoms with Crippen LogP contribution in [0.5, 0.6) is 0 Å². The van der Waals surface area contributed by atoms with Gasteiger partial charge in [0.15, 0.2) is 5.65 Å². The van der Waals surface area contributed by atoms with Gasteiger partial charge >= 0.3 is 0 Å². The van der Waals surface area contributed by atoms with Crippen LogP contribution in [0.4, 0.5) is 0 Å². The van der Waals surface area contributed by atoms with Crippen molar-refractivity contribution < 1.29 is 14.6 Å². The monoisotopic (exact) mass is 373 g/mol. The third kappa shape index (κ3) is 4.45. The molecule has 0 unspecified atom stereocenters. The molecule has 3 N–H and O–H groups in total. The maximum absolute atomic E-state index is 12.5.